The van der Waals surface area contributed by atoms with E-state index in [-0.39, 0.29) is 18.9 Å². The molecule has 0 saturated heterocycles. The van der Waals surface area contributed by atoms with Gasteiger partial charge in [-0.25, -0.2) is 4.98 Å². The van der Waals surface area contributed by atoms with Crippen molar-refractivity contribution in [3.8, 4) is 5.75 Å². The number of nitrogens with zero attached hydrogens (tertiary/aromatic N) is 4. The van der Waals surface area contributed by atoms with Crippen molar-refractivity contribution in [1.29, 1.82) is 0 Å². The monoisotopic (exact) mass is 489 g/mol. The number of aromatic nitrogens is 2. The van der Waals surface area contributed by atoms with Gasteiger partial charge < -0.3 is 20.2 Å². The predicted octanol–water partition coefficient (Wildman–Crippen LogP) is 1.61. The highest BCUT2D eigenvalue weighted by molar-refractivity contribution is 6.34. The molecule has 2 aromatic rings. The average Bonchev–Trinajstić information content (AvgIpc) is 3.02. The number of fused-ring (bicyclic) bond motifs is 1. The van der Waals surface area contributed by atoms with Crippen LogP contribution in [0.4, 0.5) is 0 Å². The number of amides is 3. The van der Waals surface area contributed by atoms with E-state index in [4.69, 9.17) is 11.6 Å². The molecule has 0 fully saturated rings. The van der Waals surface area contributed by atoms with Gasteiger partial charge in [0.15, 0.2) is 5.69 Å². The van der Waals surface area contributed by atoms with Crippen molar-refractivity contribution in [2.75, 3.05) is 21.1 Å². The van der Waals surface area contributed by atoms with E-state index in [9.17, 15) is 24.3 Å². The molecule has 1 atom stereocenters. The van der Waals surface area contributed by atoms with E-state index in [0.717, 1.165) is 11.1 Å². The van der Waals surface area contributed by atoms with Crippen molar-refractivity contribution in [2.45, 2.75) is 45.3 Å². The minimum atomic E-state index is -0.764. The van der Waals surface area contributed by atoms with Gasteiger partial charge in [0.25, 0.3) is 11.5 Å². The van der Waals surface area contributed by atoms with Crippen LogP contribution in [0.15, 0.2) is 23.0 Å². The number of benzene rings is 1. The number of halogens is 1. The van der Waals surface area contributed by atoms with Crippen LogP contribution in [0.3, 0.4) is 0 Å². The average molecular weight is 490 g/mol. The van der Waals surface area contributed by atoms with Crippen LogP contribution in [-0.2, 0) is 22.7 Å². The number of hydrogen-bond donors (Lipinski definition) is 2. The van der Waals surface area contributed by atoms with Crippen molar-refractivity contribution in [3.63, 3.8) is 0 Å². The molecule has 0 bridgehead atoms. The normalized spacial score (nSPS) is 15.1. The molecule has 10 nitrogen and oxygen atoms in total. The molecular formula is C23H28ClN5O5. The molecule has 1 aliphatic rings. The summed E-state index contributed by atoms with van der Waals surface area (Å²) in [4.78, 5) is 57.4. The lowest BCUT2D eigenvalue weighted by molar-refractivity contribution is -0.151. The van der Waals surface area contributed by atoms with Crippen LogP contribution in [-0.4, -0.2) is 63.3 Å². The first kappa shape index (κ1) is 25.2. The summed E-state index contributed by atoms with van der Waals surface area (Å²) in [6.07, 6.45) is 1.73. The number of aryl methyl sites for hydroxylation is 1. The van der Waals surface area contributed by atoms with Gasteiger partial charge in [0.05, 0.1) is 6.04 Å². The maximum Gasteiger partial charge on any atom is 0.312 e. The summed E-state index contributed by atoms with van der Waals surface area (Å²) in [7, 11) is 4.41. The van der Waals surface area contributed by atoms with Crippen LogP contribution in [0.1, 0.15) is 52.7 Å². The summed E-state index contributed by atoms with van der Waals surface area (Å²) in [5.74, 6) is -2.81. The van der Waals surface area contributed by atoms with Crippen LogP contribution < -0.4 is 10.9 Å². The highest BCUT2D eigenvalue weighted by Gasteiger charge is 2.33. The maximum atomic E-state index is 12.9. The zero-order chi connectivity index (χ0) is 25.2. The lowest BCUT2D eigenvalue weighted by Crippen LogP contribution is -2.43. The molecule has 1 aromatic heterocycles. The van der Waals surface area contributed by atoms with Gasteiger partial charge in [-0.2, -0.15) is 0 Å². The van der Waals surface area contributed by atoms with E-state index >= 15 is 0 Å². The Balaban J connectivity index is 1.95. The first-order valence-electron chi connectivity index (χ1n) is 10.9. The lowest BCUT2D eigenvalue weighted by Gasteiger charge is -2.28. The summed E-state index contributed by atoms with van der Waals surface area (Å²) in [6, 6.07) is 4.63. The Morgan fingerprint density at radius 3 is 2.56 bits per heavy atom. The van der Waals surface area contributed by atoms with Gasteiger partial charge in [-0.1, -0.05) is 23.7 Å². The van der Waals surface area contributed by atoms with Crippen LogP contribution >= 0.6 is 11.6 Å². The maximum absolute atomic E-state index is 12.9. The van der Waals surface area contributed by atoms with Gasteiger partial charge in [-0.3, -0.25) is 23.7 Å². The van der Waals surface area contributed by atoms with Crippen LogP contribution in [0.5, 0.6) is 5.75 Å². The molecule has 3 amide bonds. The van der Waals surface area contributed by atoms with Crippen molar-refractivity contribution in [3.05, 3.63) is 56.2 Å². The SMILES string of the molecule is Cc1ccc(CNC(=O)c2nc3n(c(=O)c2O)CCCCC3N(C)C(=O)C(=O)N(C)C)cc1Cl. The van der Waals surface area contributed by atoms with Crippen molar-refractivity contribution in [1.82, 2.24) is 24.7 Å². The van der Waals surface area contributed by atoms with Gasteiger partial charge in [0.2, 0.25) is 5.75 Å². The van der Waals surface area contributed by atoms with E-state index < -0.39 is 40.8 Å². The highest BCUT2D eigenvalue weighted by Crippen LogP contribution is 2.28. The Morgan fingerprint density at radius 1 is 1.21 bits per heavy atom. The Labute approximate surface area is 202 Å². The van der Waals surface area contributed by atoms with Gasteiger partial charge in [-0.15, -0.1) is 0 Å². The molecule has 1 unspecified atom stereocenters. The first-order valence-corrected chi connectivity index (χ1v) is 11.3. The third kappa shape index (κ3) is 5.06. The number of hydrogen-bond acceptors (Lipinski definition) is 6. The van der Waals surface area contributed by atoms with E-state index in [0.29, 0.717) is 24.3 Å². The molecule has 3 rings (SSSR count). The van der Waals surface area contributed by atoms with Crippen molar-refractivity contribution < 1.29 is 19.5 Å². The third-order valence-corrected chi connectivity index (χ3v) is 6.27. The fraction of sp³-hybridized carbons (Fsp3) is 0.435. The quantitative estimate of drug-likeness (QED) is 0.629. The Kier molecular flexibility index (Phi) is 7.61. The summed E-state index contributed by atoms with van der Waals surface area (Å²) in [5.41, 5.74) is 0.439. The van der Waals surface area contributed by atoms with Crippen LogP contribution in [0.2, 0.25) is 5.02 Å². The molecule has 2 N–H and O–H groups in total. The van der Waals surface area contributed by atoms with Crippen LogP contribution in [0, 0.1) is 6.92 Å². The number of aromatic hydroxyl groups is 1. The van der Waals surface area contributed by atoms with Crippen molar-refractivity contribution in [2.24, 2.45) is 0 Å². The molecule has 1 aliphatic heterocycles. The molecule has 0 aliphatic carbocycles. The first-order chi connectivity index (χ1) is 16.0. The molecular weight excluding hydrogens is 462 g/mol. The van der Waals surface area contributed by atoms with Gasteiger partial charge >= 0.3 is 11.8 Å². The molecule has 11 heteroatoms. The van der Waals surface area contributed by atoms with E-state index in [1.807, 2.05) is 13.0 Å². The Morgan fingerprint density at radius 2 is 1.91 bits per heavy atom. The minimum absolute atomic E-state index is 0.109. The molecule has 2 heterocycles. The summed E-state index contributed by atoms with van der Waals surface area (Å²) in [5, 5.41) is 13.7. The molecule has 0 spiro atoms. The smallest absolute Gasteiger partial charge is 0.312 e. The fourth-order valence-electron chi connectivity index (χ4n) is 3.79. The second-order valence-electron chi connectivity index (χ2n) is 8.52. The molecule has 182 valence electrons. The number of nitrogens with one attached hydrogen (secondary N) is 1. The number of rotatable bonds is 4. The largest absolute Gasteiger partial charge is 0.501 e. The van der Waals surface area contributed by atoms with Gasteiger partial charge in [0.1, 0.15) is 5.82 Å². The standard InChI is InChI=1S/C23H28ClN5O5/c1-13-8-9-14(11-15(13)24)12-25-20(31)17-18(30)21(32)29-10-6-5-7-16(19(29)26-17)28(4)23(34)22(33)27(2)3/h8-9,11,16,30H,5-7,10,12H2,1-4H3,(H,25,31). The van der Waals surface area contributed by atoms with Gasteiger partial charge in [-0.05, 0) is 43.4 Å². The van der Waals surface area contributed by atoms with E-state index in [1.54, 1.807) is 12.1 Å². The predicted molar refractivity (Wildman–Crippen MR) is 126 cm³/mol. The third-order valence-electron chi connectivity index (χ3n) is 5.86. The fourth-order valence-corrected chi connectivity index (χ4v) is 3.99. The molecule has 0 radical (unpaired) electrons. The summed E-state index contributed by atoms with van der Waals surface area (Å²) >= 11 is 6.13. The number of carbonyl (C=O) groups excluding carboxylic acids is 3. The number of likely N-dealkylation sites (N-methyl/N-ethyl adjacent to an activating group) is 2. The lowest BCUT2D eigenvalue weighted by atomic mass is 10.1. The van der Waals surface area contributed by atoms with E-state index in [1.165, 1.54) is 35.5 Å². The molecule has 1 aromatic carbocycles. The van der Waals surface area contributed by atoms with Gasteiger partial charge in [0, 0.05) is 39.3 Å². The summed E-state index contributed by atoms with van der Waals surface area (Å²) < 4.78 is 1.27. The van der Waals surface area contributed by atoms with Crippen molar-refractivity contribution >= 4 is 29.3 Å². The highest BCUT2D eigenvalue weighted by atomic mass is 35.5. The zero-order valence-corrected chi connectivity index (χ0v) is 20.3. The molecule has 0 saturated carbocycles. The minimum Gasteiger partial charge on any atom is -0.501 e. The van der Waals surface area contributed by atoms with E-state index in [2.05, 4.69) is 10.3 Å². The zero-order valence-electron chi connectivity index (χ0n) is 19.6. The Hall–Kier alpha value is -3.40. The number of carbonyl (C=O) groups is 3. The molecule has 34 heavy (non-hydrogen) atoms. The Bertz CT molecular complexity index is 1190. The second kappa shape index (κ2) is 10.3. The topological polar surface area (TPSA) is 125 Å². The summed E-state index contributed by atoms with van der Waals surface area (Å²) in [6.45, 7) is 2.25. The second-order valence-corrected chi connectivity index (χ2v) is 8.92. The van der Waals surface area contributed by atoms with Crippen LogP contribution in [0.25, 0.3) is 0 Å².